The second-order valence-corrected chi connectivity index (χ2v) is 6.63. The van der Waals surface area contributed by atoms with Crippen molar-refractivity contribution in [3.8, 4) is 0 Å². The SMILES string of the molecule is CN(CCN1CCCC1)c1ccc(Cl)c(CNC2CC2)n1. The van der Waals surface area contributed by atoms with Crippen LogP contribution in [0.5, 0.6) is 0 Å². The van der Waals surface area contributed by atoms with Crippen LogP contribution in [0.1, 0.15) is 31.4 Å². The van der Waals surface area contributed by atoms with Gasteiger partial charge >= 0.3 is 0 Å². The third-order valence-corrected chi connectivity index (χ3v) is 4.73. The number of likely N-dealkylation sites (N-methyl/N-ethyl adjacent to an activating group) is 1. The molecule has 2 heterocycles. The molecule has 4 nitrogen and oxygen atoms in total. The molecule has 0 bridgehead atoms. The summed E-state index contributed by atoms with van der Waals surface area (Å²) in [4.78, 5) is 9.49. The molecule has 1 aromatic rings. The highest BCUT2D eigenvalue weighted by Gasteiger charge is 2.21. The molecule has 1 aromatic heterocycles. The van der Waals surface area contributed by atoms with Crippen LogP contribution < -0.4 is 10.2 Å². The Morgan fingerprint density at radius 2 is 2.10 bits per heavy atom. The average Bonchev–Trinajstić information content (AvgIpc) is 3.17. The number of nitrogens with one attached hydrogen (secondary N) is 1. The molecular formula is C16H25ClN4. The van der Waals surface area contributed by atoms with E-state index in [2.05, 4.69) is 22.2 Å². The summed E-state index contributed by atoms with van der Waals surface area (Å²) >= 11 is 6.26. The molecule has 1 saturated heterocycles. The molecule has 2 aliphatic rings. The fraction of sp³-hybridized carbons (Fsp3) is 0.688. The van der Waals surface area contributed by atoms with E-state index in [1.807, 2.05) is 12.1 Å². The molecule has 3 rings (SSSR count). The third kappa shape index (κ3) is 4.31. The lowest BCUT2D eigenvalue weighted by molar-refractivity contribution is 0.346. The van der Waals surface area contributed by atoms with Crippen LogP contribution >= 0.6 is 11.6 Å². The predicted octanol–water partition coefficient (Wildman–Crippen LogP) is 2.52. The molecule has 1 saturated carbocycles. The fourth-order valence-corrected chi connectivity index (χ4v) is 2.92. The highest BCUT2D eigenvalue weighted by molar-refractivity contribution is 6.31. The number of rotatable bonds is 7. The molecule has 0 spiro atoms. The molecule has 116 valence electrons. The van der Waals surface area contributed by atoms with Crippen molar-refractivity contribution in [1.29, 1.82) is 0 Å². The molecular weight excluding hydrogens is 284 g/mol. The normalized spacial score (nSPS) is 19.1. The van der Waals surface area contributed by atoms with Crippen molar-refractivity contribution < 1.29 is 0 Å². The number of aromatic nitrogens is 1. The van der Waals surface area contributed by atoms with Gasteiger partial charge in [0.25, 0.3) is 0 Å². The Morgan fingerprint density at radius 1 is 1.33 bits per heavy atom. The monoisotopic (exact) mass is 308 g/mol. The average molecular weight is 309 g/mol. The number of anilines is 1. The number of halogens is 1. The van der Waals surface area contributed by atoms with E-state index >= 15 is 0 Å². The molecule has 5 heteroatoms. The summed E-state index contributed by atoms with van der Waals surface area (Å²) in [5, 5.41) is 4.25. The second kappa shape index (κ2) is 6.95. The zero-order chi connectivity index (χ0) is 14.7. The largest absolute Gasteiger partial charge is 0.358 e. The molecule has 0 radical (unpaired) electrons. The Balaban J connectivity index is 1.56. The minimum atomic E-state index is 0.680. The van der Waals surface area contributed by atoms with E-state index in [9.17, 15) is 0 Å². The lowest BCUT2D eigenvalue weighted by Crippen LogP contribution is -2.32. The molecule has 2 fully saturated rings. The van der Waals surface area contributed by atoms with Crippen LogP contribution in [0.15, 0.2) is 12.1 Å². The summed E-state index contributed by atoms with van der Waals surface area (Å²) in [7, 11) is 2.12. The number of likely N-dealkylation sites (tertiary alicyclic amines) is 1. The Hall–Kier alpha value is -0.840. The molecule has 0 aromatic carbocycles. The third-order valence-electron chi connectivity index (χ3n) is 4.38. The van der Waals surface area contributed by atoms with E-state index < -0.39 is 0 Å². The maximum atomic E-state index is 6.26. The maximum Gasteiger partial charge on any atom is 0.128 e. The van der Waals surface area contributed by atoms with Gasteiger partial charge in [-0.3, -0.25) is 0 Å². The van der Waals surface area contributed by atoms with E-state index in [0.717, 1.165) is 36.2 Å². The maximum absolute atomic E-state index is 6.26. The Labute approximate surface area is 132 Å². The van der Waals surface area contributed by atoms with Gasteiger partial charge in [0.15, 0.2) is 0 Å². The summed E-state index contributed by atoms with van der Waals surface area (Å²) < 4.78 is 0. The van der Waals surface area contributed by atoms with Crippen molar-refractivity contribution in [2.75, 3.05) is 38.1 Å². The summed E-state index contributed by atoms with van der Waals surface area (Å²) in [6.45, 7) is 5.41. The van der Waals surface area contributed by atoms with E-state index in [-0.39, 0.29) is 0 Å². The molecule has 0 unspecified atom stereocenters. The van der Waals surface area contributed by atoms with Crippen LogP contribution in [0, 0.1) is 0 Å². The smallest absolute Gasteiger partial charge is 0.128 e. The molecule has 1 aliphatic carbocycles. The van der Waals surface area contributed by atoms with Crippen LogP contribution in [-0.2, 0) is 6.54 Å². The summed E-state index contributed by atoms with van der Waals surface area (Å²) in [6.07, 6.45) is 5.26. The lowest BCUT2D eigenvalue weighted by atomic mass is 10.3. The zero-order valence-electron chi connectivity index (χ0n) is 12.8. The van der Waals surface area contributed by atoms with Gasteiger partial charge in [-0.1, -0.05) is 11.6 Å². The zero-order valence-corrected chi connectivity index (χ0v) is 13.6. The van der Waals surface area contributed by atoms with Gasteiger partial charge in [0, 0.05) is 32.7 Å². The standard InChI is InChI=1S/C16H25ClN4/c1-20(10-11-21-8-2-3-9-21)16-7-6-14(17)15(19-16)12-18-13-4-5-13/h6-7,13,18H,2-5,8-12H2,1H3. The van der Waals surface area contributed by atoms with Crippen LogP contribution in [0.4, 0.5) is 5.82 Å². The minimum absolute atomic E-state index is 0.680. The molecule has 1 N–H and O–H groups in total. The first-order chi connectivity index (χ1) is 10.2. The first-order valence-corrected chi connectivity index (χ1v) is 8.42. The van der Waals surface area contributed by atoms with Gasteiger partial charge in [0.1, 0.15) is 5.82 Å². The topological polar surface area (TPSA) is 31.4 Å². The molecule has 1 aliphatic heterocycles. The Kier molecular flexibility index (Phi) is 4.99. The van der Waals surface area contributed by atoms with E-state index in [0.29, 0.717) is 6.04 Å². The van der Waals surface area contributed by atoms with E-state index in [4.69, 9.17) is 16.6 Å². The summed E-state index contributed by atoms with van der Waals surface area (Å²) in [5.41, 5.74) is 0.967. The van der Waals surface area contributed by atoms with Crippen molar-refractivity contribution in [3.63, 3.8) is 0 Å². The van der Waals surface area contributed by atoms with Crippen molar-refractivity contribution in [2.24, 2.45) is 0 Å². The van der Waals surface area contributed by atoms with Gasteiger partial charge in [-0.25, -0.2) is 4.98 Å². The number of pyridine rings is 1. The van der Waals surface area contributed by atoms with Crippen LogP contribution in [0.2, 0.25) is 5.02 Å². The number of hydrogen-bond acceptors (Lipinski definition) is 4. The Morgan fingerprint density at radius 3 is 2.81 bits per heavy atom. The fourth-order valence-electron chi connectivity index (χ4n) is 2.75. The van der Waals surface area contributed by atoms with Crippen LogP contribution in [0.25, 0.3) is 0 Å². The minimum Gasteiger partial charge on any atom is -0.358 e. The summed E-state index contributed by atoms with van der Waals surface area (Å²) in [6, 6.07) is 4.67. The van der Waals surface area contributed by atoms with Gasteiger partial charge in [-0.15, -0.1) is 0 Å². The van der Waals surface area contributed by atoms with Gasteiger partial charge in [0.05, 0.1) is 10.7 Å². The Bertz CT molecular complexity index is 469. The molecule has 0 atom stereocenters. The highest BCUT2D eigenvalue weighted by atomic mass is 35.5. The lowest BCUT2D eigenvalue weighted by Gasteiger charge is -2.23. The summed E-state index contributed by atoms with van der Waals surface area (Å²) in [5.74, 6) is 1.02. The van der Waals surface area contributed by atoms with Gasteiger partial charge < -0.3 is 15.1 Å². The van der Waals surface area contributed by atoms with Crippen molar-refractivity contribution in [3.05, 3.63) is 22.8 Å². The number of hydrogen-bond donors (Lipinski definition) is 1. The van der Waals surface area contributed by atoms with Crippen LogP contribution in [0.3, 0.4) is 0 Å². The molecule has 0 amide bonds. The second-order valence-electron chi connectivity index (χ2n) is 6.22. The van der Waals surface area contributed by atoms with Gasteiger partial charge in [0.2, 0.25) is 0 Å². The first kappa shape index (κ1) is 15.1. The first-order valence-electron chi connectivity index (χ1n) is 8.04. The van der Waals surface area contributed by atoms with Crippen molar-refractivity contribution >= 4 is 17.4 Å². The van der Waals surface area contributed by atoms with E-state index in [1.54, 1.807) is 0 Å². The van der Waals surface area contributed by atoms with Crippen molar-refractivity contribution in [1.82, 2.24) is 15.2 Å². The van der Waals surface area contributed by atoms with Gasteiger partial charge in [-0.2, -0.15) is 0 Å². The highest BCUT2D eigenvalue weighted by Crippen LogP contribution is 2.22. The quantitative estimate of drug-likeness (QED) is 0.839. The van der Waals surface area contributed by atoms with E-state index in [1.165, 1.54) is 38.8 Å². The molecule has 21 heavy (non-hydrogen) atoms. The van der Waals surface area contributed by atoms with Crippen molar-refractivity contribution in [2.45, 2.75) is 38.3 Å². The van der Waals surface area contributed by atoms with Crippen LogP contribution in [-0.4, -0.2) is 49.2 Å². The van der Waals surface area contributed by atoms with Gasteiger partial charge in [-0.05, 0) is 50.9 Å². The predicted molar refractivity (Wildman–Crippen MR) is 88.1 cm³/mol. The number of nitrogens with zero attached hydrogens (tertiary/aromatic N) is 3.